The first kappa shape index (κ1) is 14.6. The quantitative estimate of drug-likeness (QED) is 0.477. The fourth-order valence-electron chi connectivity index (χ4n) is 1.68. The zero-order valence-electron chi connectivity index (χ0n) is 10.4. The molecule has 1 aromatic carbocycles. The number of halogens is 1. The van der Waals surface area contributed by atoms with E-state index in [9.17, 15) is 14.9 Å². The van der Waals surface area contributed by atoms with Gasteiger partial charge in [0.15, 0.2) is 0 Å². The molecule has 0 atom stereocenters. The van der Waals surface area contributed by atoms with E-state index in [0.29, 0.717) is 29.5 Å². The molecular weight excluding hydrogens is 300 g/mol. The number of nitrogens with zero attached hydrogens (tertiary/aromatic N) is 2. The predicted octanol–water partition coefficient (Wildman–Crippen LogP) is 2.76. The molecule has 0 heterocycles. The van der Waals surface area contributed by atoms with E-state index in [2.05, 4.69) is 15.9 Å². The third-order valence-electron chi connectivity index (χ3n) is 2.66. The lowest BCUT2D eigenvalue weighted by molar-refractivity contribution is -0.385. The van der Waals surface area contributed by atoms with Crippen molar-refractivity contribution >= 4 is 27.5 Å². The number of carbonyl (C=O) groups is 1. The highest BCUT2D eigenvalue weighted by Gasteiger charge is 2.17. The summed E-state index contributed by atoms with van der Waals surface area (Å²) in [4.78, 5) is 24.1. The molecule has 0 N–H and O–H groups in total. The van der Waals surface area contributed by atoms with Crippen LogP contribution in [0.3, 0.4) is 0 Å². The number of rotatable bonds is 5. The summed E-state index contributed by atoms with van der Waals surface area (Å²) < 4.78 is 0. The second kappa shape index (κ2) is 6.49. The van der Waals surface area contributed by atoms with Crippen molar-refractivity contribution in [2.24, 2.45) is 0 Å². The van der Waals surface area contributed by atoms with Gasteiger partial charge < -0.3 is 4.90 Å². The van der Waals surface area contributed by atoms with Gasteiger partial charge in [0.2, 0.25) is 0 Å². The maximum atomic E-state index is 12.1. The van der Waals surface area contributed by atoms with Gasteiger partial charge >= 0.3 is 0 Å². The van der Waals surface area contributed by atoms with E-state index in [-0.39, 0.29) is 11.6 Å². The number of nitro benzene ring substituents is 1. The van der Waals surface area contributed by atoms with Gasteiger partial charge in [0, 0.05) is 35.6 Å². The van der Waals surface area contributed by atoms with E-state index in [1.807, 2.05) is 6.92 Å². The Bertz CT molecular complexity index is 463. The predicted molar refractivity (Wildman–Crippen MR) is 73.2 cm³/mol. The Morgan fingerprint density at radius 2 is 2.17 bits per heavy atom. The van der Waals surface area contributed by atoms with Crippen molar-refractivity contribution in [2.45, 2.75) is 13.8 Å². The summed E-state index contributed by atoms with van der Waals surface area (Å²) in [6.07, 6.45) is 0. The Balaban J connectivity index is 3.00. The van der Waals surface area contributed by atoms with Crippen molar-refractivity contribution in [2.75, 3.05) is 18.4 Å². The lowest BCUT2D eigenvalue weighted by atomic mass is 10.1. The normalized spacial score (nSPS) is 10.2. The van der Waals surface area contributed by atoms with Crippen molar-refractivity contribution < 1.29 is 9.72 Å². The van der Waals surface area contributed by atoms with Crippen LogP contribution < -0.4 is 0 Å². The van der Waals surface area contributed by atoms with Crippen molar-refractivity contribution in [1.29, 1.82) is 0 Å². The fraction of sp³-hybridized carbons (Fsp3) is 0.417. The molecule has 1 rings (SSSR count). The zero-order valence-corrected chi connectivity index (χ0v) is 11.9. The van der Waals surface area contributed by atoms with Gasteiger partial charge in [0.1, 0.15) is 0 Å². The maximum absolute atomic E-state index is 12.1. The molecule has 0 bridgehead atoms. The van der Waals surface area contributed by atoms with Crippen molar-refractivity contribution in [3.63, 3.8) is 0 Å². The molecule has 6 heteroatoms. The van der Waals surface area contributed by atoms with Crippen LogP contribution in [0.1, 0.15) is 22.8 Å². The van der Waals surface area contributed by atoms with Gasteiger partial charge in [0.05, 0.1) is 4.92 Å². The monoisotopic (exact) mass is 314 g/mol. The van der Waals surface area contributed by atoms with E-state index in [1.54, 1.807) is 17.9 Å². The number of benzene rings is 1. The summed E-state index contributed by atoms with van der Waals surface area (Å²) in [5.74, 6) is -0.102. The summed E-state index contributed by atoms with van der Waals surface area (Å²) in [5.41, 5.74) is 1.02. The molecule has 1 amide bonds. The number of nitro groups is 1. The highest BCUT2D eigenvalue weighted by molar-refractivity contribution is 9.09. The smallest absolute Gasteiger partial charge is 0.272 e. The molecule has 0 aliphatic carbocycles. The first-order valence-corrected chi connectivity index (χ1v) is 6.73. The summed E-state index contributed by atoms with van der Waals surface area (Å²) in [5, 5.41) is 11.4. The van der Waals surface area contributed by atoms with Crippen molar-refractivity contribution in [1.82, 2.24) is 4.90 Å². The maximum Gasteiger partial charge on any atom is 0.272 e. The van der Waals surface area contributed by atoms with Gasteiger partial charge in [-0.1, -0.05) is 15.9 Å². The molecule has 0 aromatic heterocycles. The molecule has 0 saturated heterocycles. The van der Waals surface area contributed by atoms with Gasteiger partial charge in [-0.15, -0.1) is 0 Å². The number of hydrogen-bond acceptors (Lipinski definition) is 3. The molecule has 0 aliphatic rings. The van der Waals surface area contributed by atoms with Crippen LogP contribution in [0, 0.1) is 17.0 Å². The van der Waals surface area contributed by atoms with Crippen LogP contribution >= 0.6 is 15.9 Å². The molecule has 0 fully saturated rings. The lowest BCUT2D eigenvalue weighted by Crippen LogP contribution is -2.32. The number of carbonyl (C=O) groups excluding carboxylic acids is 1. The molecule has 0 spiro atoms. The molecule has 0 aliphatic heterocycles. The number of amides is 1. The number of aryl methyl sites for hydroxylation is 1. The van der Waals surface area contributed by atoms with Gasteiger partial charge in [-0.25, -0.2) is 0 Å². The Morgan fingerprint density at radius 1 is 1.50 bits per heavy atom. The van der Waals surface area contributed by atoms with Crippen LogP contribution in [-0.2, 0) is 0 Å². The highest BCUT2D eigenvalue weighted by Crippen LogP contribution is 2.19. The van der Waals surface area contributed by atoms with E-state index >= 15 is 0 Å². The van der Waals surface area contributed by atoms with E-state index < -0.39 is 4.92 Å². The Labute approximate surface area is 114 Å². The SMILES string of the molecule is CCN(CCBr)C(=O)c1ccc([N+](=O)[O-])c(C)c1. The van der Waals surface area contributed by atoms with Crippen LogP contribution in [0.5, 0.6) is 0 Å². The van der Waals surface area contributed by atoms with Crippen LogP contribution in [0.2, 0.25) is 0 Å². The lowest BCUT2D eigenvalue weighted by Gasteiger charge is -2.19. The second-order valence-corrected chi connectivity index (χ2v) is 4.63. The van der Waals surface area contributed by atoms with E-state index in [4.69, 9.17) is 0 Å². The zero-order chi connectivity index (χ0) is 13.7. The van der Waals surface area contributed by atoms with Gasteiger partial charge in [-0.05, 0) is 26.0 Å². The summed E-state index contributed by atoms with van der Waals surface area (Å²) >= 11 is 3.29. The third-order valence-corrected chi connectivity index (χ3v) is 3.02. The van der Waals surface area contributed by atoms with Crippen LogP contribution in [0.15, 0.2) is 18.2 Å². The summed E-state index contributed by atoms with van der Waals surface area (Å²) in [6.45, 7) is 4.76. The van der Waals surface area contributed by atoms with E-state index in [1.165, 1.54) is 12.1 Å². The van der Waals surface area contributed by atoms with Crippen molar-refractivity contribution in [3.8, 4) is 0 Å². The topological polar surface area (TPSA) is 63.5 Å². The first-order chi connectivity index (χ1) is 8.51. The molecule has 18 heavy (non-hydrogen) atoms. The minimum absolute atomic E-state index is 0.0371. The van der Waals surface area contributed by atoms with Crippen LogP contribution in [0.25, 0.3) is 0 Å². The van der Waals surface area contributed by atoms with Gasteiger partial charge in [-0.3, -0.25) is 14.9 Å². The molecular formula is C12H15BrN2O3. The standard InChI is InChI=1S/C12H15BrN2O3/c1-3-14(7-6-13)12(16)10-4-5-11(15(17)18)9(2)8-10/h4-5,8H,3,6-7H2,1-2H3. The average Bonchev–Trinajstić information content (AvgIpc) is 2.34. The number of alkyl halides is 1. The van der Waals surface area contributed by atoms with E-state index in [0.717, 1.165) is 0 Å². The second-order valence-electron chi connectivity index (χ2n) is 3.83. The Morgan fingerprint density at radius 3 is 2.61 bits per heavy atom. The first-order valence-electron chi connectivity index (χ1n) is 5.61. The van der Waals surface area contributed by atoms with Crippen LogP contribution in [0.4, 0.5) is 5.69 Å². The largest absolute Gasteiger partial charge is 0.338 e. The minimum Gasteiger partial charge on any atom is -0.338 e. The Kier molecular flexibility index (Phi) is 5.27. The molecule has 98 valence electrons. The molecule has 5 nitrogen and oxygen atoms in total. The number of hydrogen-bond donors (Lipinski definition) is 0. The van der Waals surface area contributed by atoms with Crippen LogP contribution in [-0.4, -0.2) is 34.2 Å². The minimum atomic E-state index is -0.445. The molecule has 0 radical (unpaired) electrons. The van der Waals surface area contributed by atoms with Crippen molar-refractivity contribution in [3.05, 3.63) is 39.4 Å². The Hall–Kier alpha value is -1.43. The fourth-order valence-corrected chi connectivity index (χ4v) is 2.11. The summed E-state index contributed by atoms with van der Waals surface area (Å²) in [7, 11) is 0. The third kappa shape index (κ3) is 3.29. The molecule has 1 aromatic rings. The molecule has 0 saturated carbocycles. The van der Waals surface area contributed by atoms with Gasteiger partial charge in [-0.2, -0.15) is 0 Å². The molecule has 0 unspecified atom stereocenters. The van der Waals surface area contributed by atoms with Gasteiger partial charge in [0.25, 0.3) is 11.6 Å². The average molecular weight is 315 g/mol. The summed E-state index contributed by atoms with van der Waals surface area (Å²) in [6, 6.07) is 4.45. The highest BCUT2D eigenvalue weighted by atomic mass is 79.9.